The number of rotatable bonds is 10. The second-order valence-electron chi connectivity index (χ2n) is 9.81. The first-order valence-corrected chi connectivity index (χ1v) is 13.0. The number of hydrogen-bond donors (Lipinski definition) is 2. The van der Waals surface area contributed by atoms with Crippen LogP contribution in [0.5, 0.6) is 0 Å². The highest BCUT2D eigenvalue weighted by molar-refractivity contribution is 6.30. The fraction of sp³-hybridized carbons (Fsp3) is 0.500. The molecule has 0 spiro atoms. The molecule has 1 heterocycles. The van der Waals surface area contributed by atoms with Crippen LogP contribution >= 0.6 is 11.6 Å². The van der Waals surface area contributed by atoms with Crippen LogP contribution in [0.3, 0.4) is 0 Å². The minimum Gasteiger partial charge on any atom is -0.356 e. The first-order chi connectivity index (χ1) is 16.5. The van der Waals surface area contributed by atoms with Gasteiger partial charge >= 0.3 is 0 Å². The number of carbonyl (C=O) groups is 2. The molecule has 1 aliphatic heterocycles. The molecule has 0 bridgehead atoms. The van der Waals surface area contributed by atoms with Gasteiger partial charge in [0.15, 0.2) is 0 Å². The number of nitrogens with one attached hydrogen (secondary N) is 2. The molecule has 1 aliphatic carbocycles. The van der Waals surface area contributed by atoms with E-state index in [2.05, 4.69) is 39.8 Å². The third-order valence-electron chi connectivity index (χ3n) is 7.33. The Kier molecular flexibility index (Phi) is 8.28. The van der Waals surface area contributed by atoms with E-state index in [1.807, 2.05) is 31.2 Å². The summed E-state index contributed by atoms with van der Waals surface area (Å²) in [5, 5.41) is 6.84. The van der Waals surface area contributed by atoms with E-state index >= 15 is 0 Å². The number of amides is 2. The lowest BCUT2D eigenvalue weighted by Crippen LogP contribution is -2.36. The number of likely N-dealkylation sites (tertiary alicyclic amines) is 1. The molecule has 2 aromatic carbocycles. The highest BCUT2D eigenvalue weighted by Crippen LogP contribution is 2.51. The lowest BCUT2D eigenvalue weighted by Gasteiger charge is -2.32. The maximum atomic E-state index is 12.5. The molecule has 2 N–H and O–H groups in total. The Balaban J connectivity index is 1.14. The van der Waals surface area contributed by atoms with E-state index in [9.17, 15) is 9.59 Å². The van der Waals surface area contributed by atoms with Gasteiger partial charge in [0, 0.05) is 35.5 Å². The molecule has 2 fully saturated rings. The predicted octanol–water partition coefficient (Wildman–Crippen LogP) is 5.50. The molecule has 2 aliphatic rings. The van der Waals surface area contributed by atoms with Gasteiger partial charge in [-0.3, -0.25) is 9.59 Å². The minimum absolute atomic E-state index is 0.0210. The molecule has 5 nitrogen and oxygen atoms in total. The van der Waals surface area contributed by atoms with Crippen LogP contribution in [-0.4, -0.2) is 42.9 Å². The molecule has 6 heteroatoms. The third-order valence-corrected chi connectivity index (χ3v) is 7.58. The Morgan fingerprint density at radius 2 is 1.79 bits per heavy atom. The van der Waals surface area contributed by atoms with Crippen LogP contribution in [0.2, 0.25) is 5.02 Å². The van der Waals surface area contributed by atoms with Crippen LogP contribution in [0.25, 0.3) is 0 Å². The molecular weight excluding hydrogens is 446 g/mol. The van der Waals surface area contributed by atoms with Crippen molar-refractivity contribution in [1.82, 2.24) is 10.2 Å². The Morgan fingerprint density at radius 1 is 1.06 bits per heavy atom. The summed E-state index contributed by atoms with van der Waals surface area (Å²) < 4.78 is 0. The topological polar surface area (TPSA) is 61.4 Å². The van der Waals surface area contributed by atoms with Gasteiger partial charge in [-0.1, -0.05) is 42.8 Å². The highest BCUT2D eigenvalue weighted by atomic mass is 35.5. The van der Waals surface area contributed by atoms with E-state index < -0.39 is 0 Å². The van der Waals surface area contributed by atoms with Gasteiger partial charge in [-0.25, -0.2) is 0 Å². The number of piperidine rings is 1. The van der Waals surface area contributed by atoms with E-state index in [4.69, 9.17) is 11.6 Å². The fourth-order valence-corrected chi connectivity index (χ4v) is 5.16. The zero-order chi connectivity index (χ0) is 24.0. The van der Waals surface area contributed by atoms with Crippen molar-refractivity contribution in [3.05, 3.63) is 64.7 Å². The average Bonchev–Trinajstić information content (AvgIpc) is 3.63. The number of carbonyl (C=O) groups excluding carboxylic acids is 2. The van der Waals surface area contributed by atoms with Gasteiger partial charge in [0.2, 0.25) is 11.8 Å². The van der Waals surface area contributed by atoms with Crippen molar-refractivity contribution in [2.24, 2.45) is 0 Å². The maximum Gasteiger partial charge on any atom is 0.224 e. The molecule has 1 saturated heterocycles. The van der Waals surface area contributed by atoms with Crippen LogP contribution in [0.15, 0.2) is 48.5 Å². The zero-order valence-corrected chi connectivity index (χ0v) is 20.9. The lowest BCUT2D eigenvalue weighted by atomic mass is 9.89. The second-order valence-corrected chi connectivity index (χ2v) is 10.2. The summed E-state index contributed by atoms with van der Waals surface area (Å²) in [5.74, 6) is 0.745. The van der Waals surface area contributed by atoms with Gasteiger partial charge in [-0.15, -0.1) is 0 Å². The van der Waals surface area contributed by atoms with Crippen LogP contribution in [0, 0.1) is 0 Å². The van der Waals surface area contributed by atoms with Gasteiger partial charge in [-0.2, -0.15) is 0 Å². The van der Waals surface area contributed by atoms with Gasteiger partial charge < -0.3 is 15.5 Å². The standard InChI is InChI=1S/C28H36ClN3O2/c1-2-26(33)31-25-6-3-5-22(19-25)21-11-17-32(18-12-21)16-4-15-30-27(34)20-28(13-14-28)23-7-9-24(29)10-8-23/h3,5-10,19,21H,2,4,11-18,20H2,1H3,(H,30,34)(H,31,33). The first kappa shape index (κ1) is 24.7. The van der Waals surface area contributed by atoms with Gasteiger partial charge in [-0.05, 0) is 93.0 Å². The van der Waals surface area contributed by atoms with Crippen LogP contribution < -0.4 is 10.6 Å². The molecule has 2 amide bonds. The Labute approximate surface area is 208 Å². The first-order valence-electron chi connectivity index (χ1n) is 12.6. The largest absolute Gasteiger partial charge is 0.356 e. The minimum atomic E-state index is 0.0210. The molecule has 4 rings (SSSR count). The normalized spacial score (nSPS) is 17.8. The van der Waals surface area contributed by atoms with Gasteiger partial charge in [0.1, 0.15) is 0 Å². The van der Waals surface area contributed by atoms with E-state index in [0.29, 0.717) is 18.8 Å². The molecule has 1 saturated carbocycles. The Hall–Kier alpha value is -2.37. The van der Waals surface area contributed by atoms with Crippen molar-refractivity contribution in [3.63, 3.8) is 0 Å². The van der Waals surface area contributed by atoms with Gasteiger partial charge in [0.05, 0.1) is 0 Å². The number of halogens is 1. The fourth-order valence-electron chi connectivity index (χ4n) is 5.03. The molecule has 0 radical (unpaired) electrons. The van der Waals surface area contributed by atoms with Crippen molar-refractivity contribution in [2.75, 3.05) is 31.5 Å². The van der Waals surface area contributed by atoms with Crippen molar-refractivity contribution in [1.29, 1.82) is 0 Å². The Bertz CT molecular complexity index is 979. The summed E-state index contributed by atoms with van der Waals surface area (Å²) in [7, 11) is 0. The van der Waals surface area contributed by atoms with Crippen molar-refractivity contribution >= 4 is 29.1 Å². The quantitative estimate of drug-likeness (QED) is 0.441. The maximum absolute atomic E-state index is 12.5. The number of benzene rings is 2. The SMILES string of the molecule is CCC(=O)Nc1cccc(C2CCN(CCCNC(=O)CC3(c4ccc(Cl)cc4)CC3)CC2)c1. The summed E-state index contributed by atoms with van der Waals surface area (Å²) >= 11 is 6.01. The van der Waals surface area contributed by atoms with Crippen molar-refractivity contribution < 1.29 is 9.59 Å². The summed E-state index contributed by atoms with van der Waals surface area (Å²) in [5.41, 5.74) is 3.46. The molecule has 34 heavy (non-hydrogen) atoms. The molecule has 2 aromatic rings. The number of hydrogen-bond acceptors (Lipinski definition) is 3. The van der Waals surface area contributed by atoms with Crippen molar-refractivity contribution in [2.45, 2.75) is 63.2 Å². The lowest BCUT2D eigenvalue weighted by molar-refractivity contribution is -0.121. The van der Waals surface area contributed by atoms with Crippen LogP contribution in [0.4, 0.5) is 5.69 Å². The van der Waals surface area contributed by atoms with E-state index in [1.165, 1.54) is 11.1 Å². The van der Waals surface area contributed by atoms with Crippen LogP contribution in [0.1, 0.15) is 68.9 Å². The number of nitrogens with zero attached hydrogens (tertiary/aromatic N) is 1. The summed E-state index contributed by atoms with van der Waals surface area (Å²) in [6.45, 7) is 5.76. The van der Waals surface area contributed by atoms with Gasteiger partial charge in [0.25, 0.3) is 0 Å². The monoisotopic (exact) mass is 481 g/mol. The third kappa shape index (κ3) is 6.61. The van der Waals surface area contributed by atoms with E-state index in [-0.39, 0.29) is 17.2 Å². The Morgan fingerprint density at radius 3 is 2.47 bits per heavy atom. The summed E-state index contributed by atoms with van der Waals surface area (Å²) in [6, 6.07) is 16.2. The van der Waals surface area contributed by atoms with E-state index in [1.54, 1.807) is 0 Å². The second kappa shape index (κ2) is 11.4. The van der Waals surface area contributed by atoms with Crippen molar-refractivity contribution in [3.8, 4) is 0 Å². The van der Waals surface area contributed by atoms with Crippen LogP contribution in [-0.2, 0) is 15.0 Å². The molecular formula is C28H36ClN3O2. The zero-order valence-electron chi connectivity index (χ0n) is 20.1. The van der Waals surface area contributed by atoms with E-state index in [0.717, 1.165) is 69.0 Å². The molecule has 182 valence electrons. The summed E-state index contributed by atoms with van der Waals surface area (Å²) in [4.78, 5) is 26.7. The average molecular weight is 482 g/mol. The smallest absolute Gasteiger partial charge is 0.224 e. The molecule has 0 atom stereocenters. The summed E-state index contributed by atoms with van der Waals surface area (Å²) in [6.07, 6.45) is 6.44. The highest BCUT2D eigenvalue weighted by Gasteiger charge is 2.45. The number of anilines is 1. The molecule has 0 aromatic heterocycles. The predicted molar refractivity (Wildman–Crippen MR) is 138 cm³/mol. The molecule has 0 unspecified atom stereocenters.